The molecule has 0 spiro atoms. The molecule has 0 aliphatic rings. The molecule has 4 nitrogen and oxygen atoms in total. The second-order valence-corrected chi connectivity index (χ2v) is 3.86. The van der Waals surface area contributed by atoms with Gasteiger partial charge in [0.25, 0.3) is 0 Å². The molecule has 1 rings (SSSR count). The number of carbonyl (C=O) groups excluding carboxylic acids is 1. The van der Waals surface area contributed by atoms with Crippen molar-refractivity contribution in [3.05, 3.63) is 30.1 Å². The summed E-state index contributed by atoms with van der Waals surface area (Å²) in [6.07, 6.45) is 1.03. The van der Waals surface area contributed by atoms with Crippen LogP contribution in [0, 0.1) is 5.82 Å². The van der Waals surface area contributed by atoms with Crippen LogP contribution in [0.15, 0.2) is 24.3 Å². The van der Waals surface area contributed by atoms with E-state index in [2.05, 4.69) is 10.6 Å². The molecular formula is C13H20ClFN2O2. The fourth-order valence-corrected chi connectivity index (χ4v) is 1.39. The van der Waals surface area contributed by atoms with Gasteiger partial charge >= 0.3 is 0 Å². The second-order valence-electron chi connectivity index (χ2n) is 3.86. The van der Waals surface area contributed by atoms with Crippen LogP contribution in [0.5, 0.6) is 5.75 Å². The van der Waals surface area contributed by atoms with Crippen LogP contribution in [-0.2, 0) is 4.79 Å². The van der Waals surface area contributed by atoms with Gasteiger partial charge in [0, 0.05) is 25.6 Å². The highest BCUT2D eigenvalue weighted by molar-refractivity contribution is 5.85. The van der Waals surface area contributed by atoms with Gasteiger partial charge in [0.1, 0.15) is 11.6 Å². The Morgan fingerprint density at radius 3 is 2.84 bits per heavy atom. The quantitative estimate of drug-likeness (QED) is 0.717. The highest BCUT2D eigenvalue weighted by Gasteiger charge is 2.01. The second kappa shape index (κ2) is 10.6. The van der Waals surface area contributed by atoms with Crippen molar-refractivity contribution in [2.45, 2.75) is 12.8 Å². The van der Waals surface area contributed by atoms with Crippen LogP contribution in [0.4, 0.5) is 4.39 Å². The molecule has 0 saturated carbocycles. The van der Waals surface area contributed by atoms with Gasteiger partial charge < -0.3 is 15.4 Å². The summed E-state index contributed by atoms with van der Waals surface area (Å²) in [6, 6.07) is 5.97. The first-order chi connectivity index (χ1) is 8.72. The summed E-state index contributed by atoms with van der Waals surface area (Å²) in [5.74, 6) is 0.177. The Morgan fingerprint density at radius 2 is 2.16 bits per heavy atom. The molecule has 108 valence electrons. The lowest BCUT2D eigenvalue weighted by molar-refractivity contribution is -0.121. The van der Waals surface area contributed by atoms with Gasteiger partial charge in [-0.25, -0.2) is 4.39 Å². The third kappa shape index (κ3) is 8.40. The van der Waals surface area contributed by atoms with Crippen molar-refractivity contribution >= 4 is 18.3 Å². The van der Waals surface area contributed by atoms with Crippen molar-refractivity contribution in [1.29, 1.82) is 0 Å². The zero-order chi connectivity index (χ0) is 13.2. The Labute approximate surface area is 119 Å². The first-order valence-corrected chi connectivity index (χ1v) is 6.02. The Bertz CT molecular complexity index is 377. The third-order valence-electron chi connectivity index (χ3n) is 2.31. The van der Waals surface area contributed by atoms with Crippen molar-refractivity contribution < 1.29 is 13.9 Å². The van der Waals surface area contributed by atoms with Crippen LogP contribution in [0.2, 0.25) is 0 Å². The van der Waals surface area contributed by atoms with Gasteiger partial charge in [0.2, 0.25) is 5.91 Å². The molecule has 0 unspecified atom stereocenters. The number of hydrogen-bond donors (Lipinski definition) is 2. The van der Waals surface area contributed by atoms with Gasteiger partial charge in [0.15, 0.2) is 0 Å². The zero-order valence-electron chi connectivity index (χ0n) is 10.9. The van der Waals surface area contributed by atoms with Crippen LogP contribution in [-0.4, -0.2) is 32.7 Å². The Kier molecular flexibility index (Phi) is 9.84. The first-order valence-electron chi connectivity index (χ1n) is 6.02. The van der Waals surface area contributed by atoms with Gasteiger partial charge in [-0.1, -0.05) is 6.07 Å². The molecule has 1 aromatic carbocycles. The lowest BCUT2D eigenvalue weighted by Crippen LogP contribution is -2.30. The SMILES string of the molecule is CNCCNC(=O)CCCOc1cccc(F)c1.Cl. The fourth-order valence-electron chi connectivity index (χ4n) is 1.39. The van der Waals surface area contributed by atoms with E-state index in [1.807, 2.05) is 7.05 Å². The van der Waals surface area contributed by atoms with E-state index in [0.29, 0.717) is 31.7 Å². The van der Waals surface area contributed by atoms with E-state index in [4.69, 9.17) is 4.74 Å². The summed E-state index contributed by atoms with van der Waals surface area (Å²) in [5.41, 5.74) is 0. The highest BCUT2D eigenvalue weighted by Crippen LogP contribution is 2.12. The summed E-state index contributed by atoms with van der Waals surface area (Å²) < 4.78 is 18.2. The number of nitrogens with one attached hydrogen (secondary N) is 2. The van der Waals surface area contributed by atoms with Crippen LogP contribution < -0.4 is 15.4 Å². The molecule has 6 heteroatoms. The number of halogens is 2. The molecule has 0 bridgehead atoms. The van der Waals surface area contributed by atoms with Gasteiger partial charge in [-0.2, -0.15) is 0 Å². The third-order valence-corrected chi connectivity index (χ3v) is 2.31. The lowest BCUT2D eigenvalue weighted by atomic mass is 10.3. The molecule has 0 saturated heterocycles. The molecule has 0 aliphatic carbocycles. The van der Waals surface area contributed by atoms with Gasteiger partial charge in [-0.15, -0.1) is 12.4 Å². The topological polar surface area (TPSA) is 50.4 Å². The standard InChI is InChI=1S/C13H19FN2O2.ClH/c1-15-7-8-16-13(17)6-3-9-18-12-5-2-4-11(14)10-12;/h2,4-5,10,15H,3,6-9H2,1H3,(H,16,17);1H. The lowest BCUT2D eigenvalue weighted by Gasteiger charge is -2.07. The minimum atomic E-state index is -0.322. The van der Waals surface area contributed by atoms with Crippen molar-refractivity contribution in [3.8, 4) is 5.75 Å². The van der Waals surface area contributed by atoms with Gasteiger partial charge in [0.05, 0.1) is 6.61 Å². The van der Waals surface area contributed by atoms with Crippen LogP contribution in [0.1, 0.15) is 12.8 Å². The molecule has 19 heavy (non-hydrogen) atoms. The highest BCUT2D eigenvalue weighted by atomic mass is 35.5. The molecule has 0 atom stereocenters. The van der Waals surface area contributed by atoms with Gasteiger partial charge in [-0.3, -0.25) is 4.79 Å². The van der Waals surface area contributed by atoms with E-state index in [0.717, 1.165) is 6.54 Å². The number of hydrogen-bond acceptors (Lipinski definition) is 3. The summed E-state index contributed by atoms with van der Waals surface area (Å²) in [4.78, 5) is 11.3. The Hall–Kier alpha value is -1.33. The molecule has 1 amide bonds. The average Bonchev–Trinajstić information content (AvgIpc) is 2.35. The fraction of sp³-hybridized carbons (Fsp3) is 0.462. The monoisotopic (exact) mass is 290 g/mol. The summed E-state index contributed by atoms with van der Waals surface area (Å²) in [6.45, 7) is 1.79. The van der Waals surface area contributed by atoms with Crippen molar-refractivity contribution in [2.75, 3.05) is 26.7 Å². The maximum atomic E-state index is 12.8. The maximum Gasteiger partial charge on any atom is 0.220 e. The maximum absolute atomic E-state index is 12.8. The number of rotatable bonds is 8. The normalized spacial score (nSPS) is 9.58. The van der Waals surface area contributed by atoms with Crippen LogP contribution in [0.25, 0.3) is 0 Å². The number of ether oxygens (including phenoxy) is 1. The van der Waals surface area contributed by atoms with E-state index < -0.39 is 0 Å². The molecule has 0 aliphatic heterocycles. The molecule has 1 aromatic rings. The number of amides is 1. The molecule has 0 aromatic heterocycles. The van der Waals surface area contributed by atoms with Crippen LogP contribution in [0.3, 0.4) is 0 Å². The minimum Gasteiger partial charge on any atom is -0.493 e. The van der Waals surface area contributed by atoms with Crippen molar-refractivity contribution in [2.24, 2.45) is 0 Å². The summed E-state index contributed by atoms with van der Waals surface area (Å²) in [5, 5.41) is 5.72. The number of likely N-dealkylation sites (N-methyl/N-ethyl adjacent to an activating group) is 1. The Morgan fingerprint density at radius 1 is 1.37 bits per heavy atom. The minimum absolute atomic E-state index is 0. The molecular weight excluding hydrogens is 271 g/mol. The Balaban J connectivity index is 0.00000324. The molecule has 0 fully saturated rings. The predicted octanol–water partition coefficient (Wildman–Crippen LogP) is 1.74. The smallest absolute Gasteiger partial charge is 0.220 e. The van der Waals surface area contributed by atoms with E-state index in [1.54, 1.807) is 12.1 Å². The molecule has 0 radical (unpaired) electrons. The van der Waals surface area contributed by atoms with Crippen molar-refractivity contribution in [1.82, 2.24) is 10.6 Å². The van der Waals surface area contributed by atoms with Gasteiger partial charge in [-0.05, 0) is 25.6 Å². The van der Waals surface area contributed by atoms with E-state index in [9.17, 15) is 9.18 Å². The van der Waals surface area contributed by atoms with E-state index in [-0.39, 0.29) is 24.1 Å². The molecule has 0 heterocycles. The number of benzene rings is 1. The predicted molar refractivity (Wildman–Crippen MR) is 75.3 cm³/mol. The first kappa shape index (κ1) is 17.7. The van der Waals surface area contributed by atoms with E-state index in [1.165, 1.54) is 12.1 Å². The largest absolute Gasteiger partial charge is 0.493 e. The van der Waals surface area contributed by atoms with Crippen LogP contribution >= 0.6 is 12.4 Å². The molecule has 2 N–H and O–H groups in total. The summed E-state index contributed by atoms with van der Waals surface area (Å²) in [7, 11) is 1.83. The summed E-state index contributed by atoms with van der Waals surface area (Å²) >= 11 is 0. The van der Waals surface area contributed by atoms with E-state index >= 15 is 0 Å². The zero-order valence-corrected chi connectivity index (χ0v) is 11.8. The average molecular weight is 291 g/mol. The number of carbonyl (C=O) groups is 1. The van der Waals surface area contributed by atoms with Crippen molar-refractivity contribution in [3.63, 3.8) is 0 Å².